The molecule has 4 nitrogen and oxygen atoms in total. The molecule has 0 saturated heterocycles. The summed E-state index contributed by atoms with van der Waals surface area (Å²) in [7, 11) is -3.18. The lowest BCUT2D eigenvalue weighted by atomic mass is 10.3. The second kappa shape index (κ2) is 6.63. The van der Waals surface area contributed by atoms with Crippen molar-refractivity contribution in [2.24, 2.45) is 0 Å². The maximum atomic E-state index is 11.8. The summed E-state index contributed by atoms with van der Waals surface area (Å²) >= 11 is -0.743. The van der Waals surface area contributed by atoms with Crippen LogP contribution in [-0.4, -0.2) is 28.7 Å². The summed E-state index contributed by atoms with van der Waals surface area (Å²) in [6.45, 7) is 1.87. The van der Waals surface area contributed by atoms with Gasteiger partial charge in [0.1, 0.15) is 4.21 Å². The van der Waals surface area contributed by atoms with E-state index in [9.17, 15) is 17.2 Å². The first-order valence-corrected chi connectivity index (χ1v) is 8.98. The van der Waals surface area contributed by atoms with Gasteiger partial charge < -0.3 is 4.55 Å². The van der Waals surface area contributed by atoms with Crippen molar-refractivity contribution < 1.29 is 17.2 Å². The molecule has 0 amide bonds. The van der Waals surface area contributed by atoms with Crippen LogP contribution in [0, 0.1) is 6.92 Å². The van der Waals surface area contributed by atoms with Gasteiger partial charge in [0.15, 0.2) is 9.84 Å². The Bertz CT molecular complexity index is 475. The molecular formula is C10H15O4S3-. The normalized spacial score (nSPS) is 13.8. The van der Waals surface area contributed by atoms with Crippen molar-refractivity contribution in [2.45, 2.75) is 30.4 Å². The third-order valence-electron chi connectivity index (χ3n) is 2.25. The van der Waals surface area contributed by atoms with E-state index >= 15 is 0 Å². The van der Waals surface area contributed by atoms with E-state index in [1.165, 1.54) is 11.3 Å². The predicted molar refractivity (Wildman–Crippen MR) is 68.7 cm³/mol. The summed E-state index contributed by atoms with van der Waals surface area (Å²) in [6.07, 6.45) is 1.66. The van der Waals surface area contributed by atoms with Crippen LogP contribution in [0.25, 0.3) is 0 Å². The molecule has 0 radical (unpaired) electrons. The van der Waals surface area contributed by atoms with Crippen molar-refractivity contribution >= 4 is 32.3 Å². The van der Waals surface area contributed by atoms with Gasteiger partial charge in [-0.25, -0.2) is 8.42 Å². The van der Waals surface area contributed by atoms with E-state index in [1.807, 2.05) is 6.92 Å². The van der Waals surface area contributed by atoms with Crippen LogP contribution in [-0.2, 0) is 20.9 Å². The number of thiophene rings is 1. The van der Waals surface area contributed by atoms with Crippen molar-refractivity contribution in [3.63, 3.8) is 0 Å². The summed E-state index contributed by atoms with van der Waals surface area (Å²) in [5.74, 6) is 0.205. The molecule has 1 atom stereocenters. The van der Waals surface area contributed by atoms with Gasteiger partial charge in [-0.05, 0) is 31.9 Å². The fourth-order valence-electron chi connectivity index (χ4n) is 1.37. The Balaban J connectivity index is 2.38. The average Bonchev–Trinajstić information content (AvgIpc) is 2.64. The lowest BCUT2D eigenvalue weighted by Crippen LogP contribution is -2.05. The SMILES string of the molecule is Cc1ccc(S(=O)(=O)CCCCCS(=O)[O-])s1. The van der Waals surface area contributed by atoms with Gasteiger partial charge in [-0.15, -0.1) is 11.3 Å². The van der Waals surface area contributed by atoms with Crippen LogP contribution in [0.3, 0.4) is 0 Å². The van der Waals surface area contributed by atoms with E-state index in [-0.39, 0.29) is 11.5 Å². The standard InChI is InChI=1S/C10H16O4S3/c1-9-5-6-10(15-9)17(13,14)8-4-2-3-7-16(11)12/h5-6H,2-4,7-8H2,1H3,(H,11,12)/p-1. The molecule has 1 aromatic rings. The highest BCUT2D eigenvalue weighted by atomic mass is 32.2. The van der Waals surface area contributed by atoms with Crippen LogP contribution in [0.5, 0.6) is 0 Å². The van der Waals surface area contributed by atoms with Gasteiger partial charge in [0, 0.05) is 10.6 Å². The molecule has 0 aliphatic carbocycles. The molecular weight excluding hydrogens is 280 g/mol. The van der Waals surface area contributed by atoms with Crippen LogP contribution < -0.4 is 0 Å². The number of aryl methyl sites for hydroxylation is 1. The molecule has 0 bridgehead atoms. The molecule has 1 rings (SSSR count). The Hall–Kier alpha value is -0.240. The summed E-state index contributed by atoms with van der Waals surface area (Å²) in [4.78, 5) is 0.977. The van der Waals surface area contributed by atoms with Crippen molar-refractivity contribution in [3.8, 4) is 0 Å². The quantitative estimate of drug-likeness (QED) is 0.568. The fourth-order valence-corrected chi connectivity index (χ4v) is 4.61. The van der Waals surface area contributed by atoms with Gasteiger partial charge in [-0.3, -0.25) is 4.21 Å². The first kappa shape index (κ1) is 14.8. The maximum absolute atomic E-state index is 11.8. The van der Waals surface area contributed by atoms with Crippen LogP contribution >= 0.6 is 11.3 Å². The largest absolute Gasteiger partial charge is 0.772 e. The lowest BCUT2D eigenvalue weighted by Gasteiger charge is -2.04. The Labute approximate surface area is 108 Å². The lowest BCUT2D eigenvalue weighted by molar-refractivity contribution is 0.533. The van der Waals surface area contributed by atoms with E-state index in [1.54, 1.807) is 12.1 Å². The molecule has 0 aliphatic rings. The number of unbranched alkanes of at least 4 members (excludes halogenated alkanes) is 2. The zero-order valence-electron chi connectivity index (χ0n) is 9.55. The summed E-state index contributed by atoms with van der Waals surface area (Å²) in [6, 6.07) is 3.42. The second-order valence-corrected chi connectivity index (χ2v) is 8.39. The molecule has 0 saturated carbocycles. The van der Waals surface area contributed by atoms with E-state index in [4.69, 9.17) is 0 Å². The average molecular weight is 295 g/mol. The monoisotopic (exact) mass is 295 g/mol. The molecule has 98 valence electrons. The predicted octanol–water partition coefficient (Wildman–Crippen LogP) is 1.88. The topological polar surface area (TPSA) is 74.3 Å². The van der Waals surface area contributed by atoms with E-state index in [2.05, 4.69) is 0 Å². The minimum Gasteiger partial charge on any atom is -0.772 e. The van der Waals surface area contributed by atoms with Crippen molar-refractivity contribution in [1.29, 1.82) is 0 Å². The molecule has 0 aromatic carbocycles. The molecule has 0 fully saturated rings. The zero-order chi connectivity index (χ0) is 12.9. The molecule has 0 N–H and O–H groups in total. The minimum absolute atomic E-state index is 0.0957. The van der Waals surface area contributed by atoms with Gasteiger partial charge in [0.25, 0.3) is 0 Å². The van der Waals surface area contributed by atoms with Gasteiger partial charge in [-0.2, -0.15) is 0 Å². The number of rotatable bonds is 7. The van der Waals surface area contributed by atoms with E-state index in [0.717, 1.165) is 4.88 Å². The highest BCUT2D eigenvalue weighted by Gasteiger charge is 2.15. The summed E-state index contributed by atoms with van der Waals surface area (Å²) in [5.41, 5.74) is 0. The minimum atomic E-state index is -3.18. The molecule has 17 heavy (non-hydrogen) atoms. The Morgan fingerprint density at radius 2 is 2.00 bits per heavy atom. The molecule has 0 aliphatic heterocycles. The molecule has 1 unspecified atom stereocenters. The number of sulfone groups is 1. The van der Waals surface area contributed by atoms with Crippen molar-refractivity contribution in [3.05, 3.63) is 17.0 Å². The number of hydrogen-bond acceptors (Lipinski definition) is 5. The Kier molecular flexibility index (Phi) is 5.78. The zero-order valence-corrected chi connectivity index (χ0v) is 12.0. The molecule has 1 aromatic heterocycles. The second-order valence-electron chi connectivity index (χ2n) is 3.75. The van der Waals surface area contributed by atoms with Crippen molar-refractivity contribution in [1.82, 2.24) is 0 Å². The molecule has 1 heterocycles. The van der Waals surface area contributed by atoms with Crippen LogP contribution in [0.2, 0.25) is 0 Å². The highest BCUT2D eigenvalue weighted by Crippen LogP contribution is 2.22. The molecule has 0 spiro atoms. The van der Waals surface area contributed by atoms with Gasteiger partial charge in [0.05, 0.1) is 5.75 Å². The van der Waals surface area contributed by atoms with E-state index in [0.29, 0.717) is 23.5 Å². The number of hydrogen-bond donors (Lipinski definition) is 0. The Morgan fingerprint density at radius 1 is 1.29 bits per heavy atom. The highest BCUT2D eigenvalue weighted by molar-refractivity contribution is 7.93. The Morgan fingerprint density at radius 3 is 2.53 bits per heavy atom. The molecule has 7 heteroatoms. The first-order chi connectivity index (χ1) is 7.92. The third-order valence-corrected chi connectivity index (χ3v) is 6.25. The fraction of sp³-hybridized carbons (Fsp3) is 0.600. The third kappa shape index (κ3) is 5.29. The van der Waals surface area contributed by atoms with Crippen LogP contribution in [0.15, 0.2) is 16.3 Å². The van der Waals surface area contributed by atoms with Gasteiger partial charge >= 0.3 is 0 Å². The summed E-state index contributed by atoms with van der Waals surface area (Å²) < 4.78 is 44.6. The maximum Gasteiger partial charge on any atom is 0.187 e. The van der Waals surface area contributed by atoms with Crippen LogP contribution in [0.4, 0.5) is 0 Å². The summed E-state index contributed by atoms with van der Waals surface area (Å²) in [5, 5.41) is 0. The first-order valence-electron chi connectivity index (χ1n) is 5.27. The smallest absolute Gasteiger partial charge is 0.187 e. The van der Waals surface area contributed by atoms with Gasteiger partial charge in [-0.1, -0.05) is 17.5 Å². The van der Waals surface area contributed by atoms with Gasteiger partial charge in [0.2, 0.25) is 0 Å². The van der Waals surface area contributed by atoms with Crippen LogP contribution in [0.1, 0.15) is 24.1 Å². The van der Waals surface area contributed by atoms with E-state index < -0.39 is 20.9 Å². The van der Waals surface area contributed by atoms with Crippen molar-refractivity contribution in [2.75, 3.05) is 11.5 Å².